The third-order valence-corrected chi connectivity index (χ3v) is 2.57. The molecule has 1 N–H and O–H groups in total. The summed E-state index contributed by atoms with van der Waals surface area (Å²) >= 11 is 0. The van der Waals surface area contributed by atoms with Crippen molar-refractivity contribution in [3.05, 3.63) is 12.2 Å². The van der Waals surface area contributed by atoms with Crippen molar-refractivity contribution in [1.82, 2.24) is 25.3 Å². The van der Waals surface area contributed by atoms with Crippen molar-refractivity contribution in [3.8, 4) is 11.6 Å². The van der Waals surface area contributed by atoms with Crippen LogP contribution < -0.4 is 0 Å². The number of hydrogen-bond donors (Lipinski definition) is 1. The molecule has 2 heterocycles. The number of H-pyrrole nitrogens is 1. The molecule has 2 aromatic heterocycles. The minimum atomic E-state index is 0.102. The summed E-state index contributed by atoms with van der Waals surface area (Å²) in [5.74, 6) is 1.72. The minimum Gasteiger partial charge on any atom is -0.338 e. The molecule has 0 aromatic carbocycles. The van der Waals surface area contributed by atoms with Crippen molar-refractivity contribution in [2.24, 2.45) is 0 Å². The van der Waals surface area contributed by atoms with Crippen LogP contribution in [0.15, 0.2) is 10.9 Å². The van der Waals surface area contributed by atoms with Crippen molar-refractivity contribution in [1.29, 1.82) is 0 Å². The van der Waals surface area contributed by atoms with Gasteiger partial charge in [0.05, 0.1) is 0 Å². The number of aromatic nitrogens is 5. The lowest BCUT2D eigenvalue weighted by atomic mass is 10.1. The molecule has 0 spiro atoms. The van der Waals surface area contributed by atoms with Crippen molar-refractivity contribution in [3.63, 3.8) is 0 Å². The van der Waals surface area contributed by atoms with Gasteiger partial charge in [-0.3, -0.25) is 5.10 Å². The summed E-state index contributed by atoms with van der Waals surface area (Å²) in [4.78, 5) is 8.23. The van der Waals surface area contributed by atoms with Gasteiger partial charge < -0.3 is 4.52 Å². The maximum atomic E-state index is 5.17. The Morgan fingerprint density at radius 1 is 1.50 bits per heavy atom. The molecule has 0 aliphatic heterocycles. The summed E-state index contributed by atoms with van der Waals surface area (Å²) < 4.78 is 5.17. The maximum Gasteiger partial charge on any atom is 0.239 e. The Morgan fingerprint density at radius 3 is 3.00 bits per heavy atom. The molecule has 0 atom stereocenters. The molecule has 6 heteroatoms. The van der Waals surface area contributed by atoms with E-state index in [0.29, 0.717) is 17.5 Å². The van der Waals surface area contributed by atoms with Gasteiger partial charge in [0.25, 0.3) is 0 Å². The SMILES string of the molecule is CC1(c2nc(-c3ncn[nH]3)no2)CC1. The maximum absolute atomic E-state index is 5.17. The lowest BCUT2D eigenvalue weighted by Gasteiger charge is -1.96. The molecular formula is C8H9N5O. The van der Waals surface area contributed by atoms with Crippen LogP contribution in [-0.4, -0.2) is 25.3 Å². The van der Waals surface area contributed by atoms with E-state index in [1.165, 1.54) is 6.33 Å². The summed E-state index contributed by atoms with van der Waals surface area (Å²) in [5.41, 5.74) is 0.102. The van der Waals surface area contributed by atoms with Crippen LogP contribution >= 0.6 is 0 Å². The van der Waals surface area contributed by atoms with Gasteiger partial charge in [-0.25, -0.2) is 4.98 Å². The highest BCUT2D eigenvalue weighted by Gasteiger charge is 2.44. The lowest BCUT2D eigenvalue weighted by Crippen LogP contribution is -1.99. The monoisotopic (exact) mass is 191 g/mol. The fourth-order valence-electron chi connectivity index (χ4n) is 1.28. The lowest BCUT2D eigenvalue weighted by molar-refractivity contribution is 0.353. The smallest absolute Gasteiger partial charge is 0.239 e. The molecule has 6 nitrogen and oxygen atoms in total. The molecule has 0 bridgehead atoms. The van der Waals surface area contributed by atoms with Crippen LogP contribution in [0.4, 0.5) is 0 Å². The van der Waals surface area contributed by atoms with E-state index in [2.05, 4.69) is 32.2 Å². The first kappa shape index (κ1) is 7.66. The molecule has 0 radical (unpaired) electrons. The van der Waals surface area contributed by atoms with E-state index in [9.17, 15) is 0 Å². The summed E-state index contributed by atoms with van der Waals surface area (Å²) in [6.07, 6.45) is 3.65. The van der Waals surface area contributed by atoms with Crippen LogP contribution in [0.3, 0.4) is 0 Å². The van der Waals surface area contributed by atoms with Gasteiger partial charge in [0.15, 0.2) is 5.82 Å². The Labute approximate surface area is 79.7 Å². The molecule has 1 aliphatic carbocycles. The van der Waals surface area contributed by atoms with Gasteiger partial charge in [0.1, 0.15) is 6.33 Å². The number of rotatable bonds is 2. The highest BCUT2D eigenvalue weighted by molar-refractivity contribution is 5.40. The van der Waals surface area contributed by atoms with Gasteiger partial charge in [-0.05, 0) is 12.8 Å². The molecule has 0 amide bonds. The van der Waals surface area contributed by atoms with E-state index in [1.807, 2.05) is 0 Å². The van der Waals surface area contributed by atoms with Gasteiger partial charge in [-0.1, -0.05) is 12.1 Å². The predicted octanol–water partition coefficient (Wildman–Crippen LogP) is 0.906. The Kier molecular flexibility index (Phi) is 1.31. The highest BCUT2D eigenvalue weighted by Crippen LogP contribution is 2.46. The van der Waals surface area contributed by atoms with Crippen molar-refractivity contribution < 1.29 is 4.52 Å². The zero-order valence-electron chi connectivity index (χ0n) is 7.69. The van der Waals surface area contributed by atoms with E-state index in [1.54, 1.807) is 0 Å². The van der Waals surface area contributed by atoms with Crippen molar-refractivity contribution in [2.45, 2.75) is 25.2 Å². The number of hydrogen-bond acceptors (Lipinski definition) is 5. The van der Waals surface area contributed by atoms with E-state index < -0.39 is 0 Å². The standard InChI is InChI=1S/C8H9N5O/c1-8(2-3-8)7-11-6(13-14-7)5-9-4-10-12-5/h4H,2-3H2,1H3,(H,9,10,12). The largest absolute Gasteiger partial charge is 0.338 e. The van der Waals surface area contributed by atoms with Gasteiger partial charge in [-0.15, -0.1) is 0 Å². The number of nitrogens with one attached hydrogen (secondary N) is 1. The Hall–Kier alpha value is -1.72. The minimum absolute atomic E-state index is 0.102. The third kappa shape index (κ3) is 1.03. The average Bonchev–Trinajstić information content (AvgIpc) is 2.73. The second-order valence-electron chi connectivity index (χ2n) is 3.82. The van der Waals surface area contributed by atoms with E-state index in [4.69, 9.17) is 4.52 Å². The van der Waals surface area contributed by atoms with Crippen molar-refractivity contribution >= 4 is 0 Å². The first-order valence-electron chi connectivity index (χ1n) is 4.48. The first-order valence-corrected chi connectivity index (χ1v) is 4.48. The molecule has 1 aliphatic rings. The topological polar surface area (TPSA) is 80.5 Å². The Morgan fingerprint density at radius 2 is 2.36 bits per heavy atom. The molecule has 14 heavy (non-hydrogen) atoms. The van der Waals surface area contributed by atoms with Gasteiger partial charge in [-0.2, -0.15) is 10.1 Å². The van der Waals surface area contributed by atoms with Gasteiger partial charge >= 0.3 is 0 Å². The van der Waals surface area contributed by atoms with E-state index in [-0.39, 0.29) is 5.41 Å². The molecule has 0 unspecified atom stereocenters. The molecule has 1 saturated carbocycles. The fraction of sp³-hybridized carbons (Fsp3) is 0.500. The molecule has 72 valence electrons. The van der Waals surface area contributed by atoms with Crippen LogP contribution in [-0.2, 0) is 5.41 Å². The van der Waals surface area contributed by atoms with E-state index >= 15 is 0 Å². The second kappa shape index (κ2) is 2.40. The summed E-state index contributed by atoms with van der Waals surface area (Å²) in [6, 6.07) is 0. The average molecular weight is 191 g/mol. The normalized spacial score (nSPS) is 18.4. The summed E-state index contributed by atoms with van der Waals surface area (Å²) in [7, 11) is 0. The van der Waals surface area contributed by atoms with Crippen LogP contribution in [0.25, 0.3) is 11.6 Å². The molecule has 0 saturated heterocycles. The summed E-state index contributed by atoms with van der Waals surface area (Å²) in [6.45, 7) is 2.12. The van der Waals surface area contributed by atoms with Gasteiger partial charge in [0.2, 0.25) is 11.7 Å². The highest BCUT2D eigenvalue weighted by atomic mass is 16.5. The van der Waals surface area contributed by atoms with Crippen LogP contribution in [0, 0.1) is 0 Å². The molecule has 2 aromatic rings. The zero-order chi connectivity index (χ0) is 9.60. The summed E-state index contributed by atoms with van der Waals surface area (Å²) in [5, 5.41) is 10.3. The second-order valence-corrected chi connectivity index (χ2v) is 3.82. The van der Waals surface area contributed by atoms with Crippen LogP contribution in [0.5, 0.6) is 0 Å². The fourth-order valence-corrected chi connectivity index (χ4v) is 1.28. The first-order chi connectivity index (χ1) is 6.78. The van der Waals surface area contributed by atoms with Crippen LogP contribution in [0.1, 0.15) is 25.7 Å². The Balaban J connectivity index is 1.98. The van der Waals surface area contributed by atoms with Gasteiger partial charge in [0, 0.05) is 5.41 Å². The van der Waals surface area contributed by atoms with Crippen LogP contribution in [0.2, 0.25) is 0 Å². The predicted molar refractivity (Wildman–Crippen MR) is 46.3 cm³/mol. The third-order valence-electron chi connectivity index (χ3n) is 2.57. The number of aromatic amines is 1. The van der Waals surface area contributed by atoms with Crippen molar-refractivity contribution in [2.75, 3.05) is 0 Å². The van der Waals surface area contributed by atoms with E-state index in [0.717, 1.165) is 12.8 Å². The molecule has 1 fully saturated rings. The zero-order valence-corrected chi connectivity index (χ0v) is 7.69. The molecule has 3 rings (SSSR count). The molecular weight excluding hydrogens is 182 g/mol. The quantitative estimate of drug-likeness (QED) is 0.762. The number of nitrogens with zero attached hydrogens (tertiary/aromatic N) is 4. The Bertz CT molecular complexity index is 442.